The topological polar surface area (TPSA) is 40.5 Å². The minimum absolute atomic E-state index is 0.343. The van der Waals surface area contributed by atoms with Crippen LogP contribution in [0.25, 0.3) is 0 Å². The van der Waals surface area contributed by atoms with Gasteiger partial charge in [0.1, 0.15) is 0 Å². The first-order chi connectivity index (χ1) is 11.0. The summed E-state index contributed by atoms with van der Waals surface area (Å²) in [4.78, 5) is 0. The van der Waals surface area contributed by atoms with Gasteiger partial charge in [-0.25, -0.2) is 0 Å². The zero-order chi connectivity index (χ0) is 17.6. The summed E-state index contributed by atoms with van der Waals surface area (Å²) in [7, 11) is 0. The SMILES string of the molecule is CC1(C)CCC(O)(c2ccc(C3(O)CCC(C)(C)CC3)cc2)CC1. The molecule has 0 aromatic heterocycles. The normalized spacial score (nSPS) is 27.6. The average molecular weight is 331 g/mol. The lowest BCUT2D eigenvalue weighted by atomic mass is 9.67. The predicted octanol–water partition coefficient (Wildman–Crippen LogP) is 5.26. The number of benzene rings is 1. The number of rotatable bonds is 2. The van der Waals surface area contributed by atoms with Crippen molar-refractivity contribution >= 4 is 0 Å². The molecule has 2 aliphatic carbocycles. The van der Waals surface area contributed by atoms with E-state index in [1.807, 2.05) is 24.3 Å². The third-order valence-electron chi connectivity index (χ3n) is 6.82. The van der Waals surface area contributed by atoms with E-state index in [2.05, 4.69) is 27.7 Å². The van der Waals surface area contributed by atoms with Crippen molar-refractivity contribution in [3.05, 3.63) is 35.4 Å². The van der Waals surface area contributed by atoms with E-state index in [0.717, 1.165) is 62.5 Å². The van der Waals surface area contributed by atoms with Crippen molar-refractivity contribution in [3.63, 3.8) is 0 Å². The third-order valence-corrected chi connectivity index (χ3v) is 6.82. The summed E-state index contributed by atoms with van der Waals surface area (Å²) in [6.45, 7) is 9.15. The van der Waals surface area contributed by atoms with Crippen LogP contribution in [0.4, 0.5) is 0 Å². The molecule has 24 heavy (non-hydrogen) atoms. The van der Waals surface area contributed by atoms with E-state index in [0.29, 0.717) is 10.8 Å². The average Bonchev–Trinajstić information content (AvgIpc) is 2.54. The lowest BCUT2D eigenvalue weighted by Crippen LogP contribution is -2.36. The van der Waals surface area contributed by atoms with Crippen molar-refractivity contribution in [1.29, 1.82) is 0 Å². The van der Waals surface area contributed by atoms with E-state index >= 15 is 0 Å². The fraction of sp³-hybridized carbons (Fsp3) is 0.727. The summed E-state index contributed by atoms with van der Waals surface area (Å²) in [5.74, 6) is 0. The van der Waals surface area contributed by atoms with E-state index in [4.69, 9.17) is 0 Å². The Balaban J connectivity index is 1.74. The largest absolute Gasteiger partial charge is 0.385 e. The highest BCUT2D eigenvalue weighted by molar-refractivity contribution is 5.31. The molecule has 0 spiro atoms. The highest BCUT2D eigenvalue weighted by Crippen LogP contribution is 2.47. The van der Waals surface area contributed by atoms with Crippen LogP contribution in [-0.4, -0.2) is 10.2 Å². The Bertz CT molecular complexity index is 509. The maximum Gasteiger partial charge on any atom is 0.0897 e. The monoisotopic (exact) mass is 330 g/mol. The molecule has 0 amide bonds. The molecule has 2 saturated carbocycles. The lowest BCUT2D eigenvalue weighted by molar-refractivity contribution is -0.0334. The molecule has 3 rings (SSSR count). The van der Waals surface area contributed by atoms with E-state index in [9.17, 15) is 10.2 Å². The minimum Gasteiger partial charge on any atom is -0.385 e. The number of hydrogen-bond acceptors (Lipinski definition) is 2. The maximum atomic E-state index is 11.0. The molecule has 2 N–H and O–H groups in total. The molecule has 0 aliphatic heterocycles. The molecule has 2 nitrogen and oxygen atoms in total. The predicted molar refractivity (Wildman–Crippen MR) is 98.7 cm³/mol. The highest BCUT2D eigenvalue weighted by atomic mass is 16.3. The first kappa shape index (κ1) is 17.9. The summed E-state index contributed by atoms with van der Waals surface area (Å²) in [5, 5.41) is 22.1. The molecule has 134 valence electrons. The van der Waals surface area contributed by atoms with Crippen LogP contribution in [0.3, 0.4) is 0 Å². The fourth-order valence-corrected chi connectivity index (χ4v) is 4.35. The molecule has 1 aromatic carbocycles. The van der Waals surface area contributed by atoms with Gasteiger partial charge in [0.2, 0.25) is 0 Å². The van der Waals surface area contributed by atoms with Crippen molar-refractivity contribution < 1.29 is 10.2 Å². The Labute approximate surface area is 147 Å². The van der Waals surface area contributed by atoms with Crippen molar-refractivity contribution in [3.8, 4) is 0 Å². The van der Waals surface area contributed by atoms with Gasteiger partial charge in [0.15, 0.2) is 0 Å². The van der Waals surface area contributed by atoms with Crippen LogP contribution in [-0.2, 0) is 11.2 Å². The summed E-state index contributed by atoms with van der Waals surface area (Å²) < 4.78 is 0. The van der Waals surface area contributed by atoms with E-state index in [-0.39, 0.29) is 0 Å². The molecule has 2 aliphatic rings. The Morgan fingerprint density at radius 2 is 0.792 bits per heavy atom. The van der Waals surface area contributed by atoms with Gasteiger partial charge in [-0.05, 0) is 73.3 Å². The Morgan fingerprint density at radius 3 is 1.04 bits per heavy atom. The summed E-state index contributed by atoms with van der Waals surface area (Å²) in [5.41, 5.74) is 1.34. The second-order valence-corrected chi connectivity index (χ2v) is 9.97. The molecule has 0 saturated heterocycles. The standard InChI is InChI=1S/C22H34O2/c1-19(2)9-13-21(23,14-10-19)17-5-7-18(8-6-17)22(24)15-11-20(3,4)12-16-22/h5-8,23-24H,9-16H2,1-4H3. The minimum atomic E-state index is -0.689. The van der Waals surface area contributed by atoms with E-state index in [1.54, 1.807) is 0 Å². The zero-order valence-electron chi connectivity index (χ0n) is 15.9. The van der Waals surface area contributed by atoms with Crippen molar-refractivity contribution in [2.75, 3.05) is 0 Å². The van der Waals surface area contributed by atoms with Gasteiger partial charge in [0, 0.05) is 0 Å². The second-order valence-electron chi connectivity index (χ2n) is 9.97. The Kier molecular flexibility index (Phi) is 4.37. The number of hydrogen-bond donors (Lipinski definition) is 2. The van der Waals surface area contributed by atoms with E-state index < -0.39 is 11.2 Å². The van der Waals surface area contributed by atoms with Gasteiger partial charge in [0.25, 0.3) is 0 Å². The van der Waals surface area contributed by atoms with Crippen molar-refractivity contribution in [2.24, 2.45) is 10.8 Å². The molecule has 2 fully saturated rings. The van der Waals surface area contributed by atoms with Crippen molar-refractivity contribution in [2.45, 2.75) is 90.3 Å². The highest BCUT2D eigenvalue weighted by Gasteiger charge is 2.40. The summed E-state index contributed by atoms with van der Waals surface area (Å²) in [6.07, 6.45) is 7.56. The van der Waals surface area contributed by atoms with Crippen LogP contribution in [0.2, 0.25) is 0 Å². The van der Waals surface area contributed by atoms with Gasteiger partial charge < -0.3 is 10.2 Å². The molecule has 0 unspecified atom stereocenters. The summed E-state index contributed by atoms with van der Waals surface area (Å²) in [6, 6.07) is 8.19. The molecular weight excluding hydrogens is 296 g/mol. The second kappa shape index (κ2) is 5.85. The third kappa shape index (κ3) is 3.55. The first-order valence-electron chi connectivity index (χ1n) is 9.60. The van der Waals surface area contributed by atoms with Gasteiger partial charge in [-0.15, -0.1) is 0 Å². The van der Waals surface area contributed by atoms with Gasteiger partial charge >= 0.3 is 0 Å². The Hall–Kier alpha value is -0.860. The van der Waals surface area contributed by atoms with Crippen LogP contribution in [0, 0.1) is 10.8 Å². The van der Waals surface area contributed by atoms with Gasteiger partial charge in [-0.2, -0.15) is 0 Å². The first-order valence-corrected chi connectivity index (χ1v) is 9.60. The smallest absolute Gasteiger partial charge is 0.0897 e. The van der Waals surface area contributed by atoms with Crippen LogP contribution in [0.15, 0.2) is 24.3 Å². The maximum absolute atomic E-state index is 11.0. The van der Waals surface area contributed by atoms with Crippen LogP contribution in [0.5, 0.6) is 0 Å². The molecule has 1 aromatic rings. The van der Waals surface area contributed by atoms with Crippen LogP contribution < -0.4 is 0 Å². The van der Waals surface area contributed by atoms with Crippen LogP contribution >= 0.6 is 0 Å². The van der Waals surface area contributed by atoms with Crippen molar-refractivity contribution in [1.82, 2.24) is 0 Å². The van der Waals surface area contributed by atoms with Gasteiger partial charge in [-0.3, -0.25) is 0 Å². The molecule has 0 bridgehead atoms. The lowest BCUT2D eigenvalue weighted by Gasteiger charge is -2.42. The Morgan fingerprint density at radius 1 is 0.542 bits per heavy atom. The molecular formula is C22H34O2. The van der Waals surface area contributed by atoms with Gasteiger partial charge in [0.05, 0.1) is 11.2 Å². The summed E-state index contributed by atoms with van der Waals surface area (Å²) >= 11 is 0. The van der Waals surface area contributed by atoms with E-state index in [1.165, 1.54) is 0 Å². The molecule has 0 atom stereocenters. The molecule has 0 heterocycles. The zero-order valence-corrected chi connectivity index (χ0v) is 15.9. The molecule has 0 radical (unpaired) electrons. The number of aliphatic hydroxyl groups is 2. The fourth-order valence-electron chi connectivity index (χ4n) is 4.35. The quantitative estimate of drug-likeness (QED) is 0.776. The van der Waals surface area contributed by atoms with Gasteiger partial charge in [-0.1, -0.05) is 52.0 Å². The van der Waals surface area contributed by atoms with Crippen LogP contribution in [0.1, 0.15) is 90.2 Å². The molecule has 2 heteroatoms.